The molecule has 0 aliphatic carbocycles. The lowest BCUT2D eigenvalue weighted by Gasteiger charge is -2.09. The Morgan fingerprint density at radius 3 is 2.83 bits per heavy atom. The van der Waals surface area contributed by atoms with Crippen LogP contribution in [0.15, 0.2) is 28.9 Å². The first-order valence-corrected chi connectivity index (χ1v) is 7.35. The van der Waals surface area contributed by atoms with Crippen LogP contribution in [0.3, 0.4) is 0 Å². The van der Waals surface area contributed by atoms with Gasteiger partial charge < -0.3 is 20.7 Å². The summed E-state index contributed by atoms with van der Waals surface area (Å²) in [6.45, 7) is 2.23. The third-order valence-corrected chi connectivity index (χ3v) is 3.07. The molecule has 9 nitrogen and oxygen atoms in total. The molecule has 0 unspecified atom stereocenters. The van der Waals surface area contributed by atoms with E-state index in [-0.39, 0.29) is 31.5 Å². The Morgan fingerprint density at radius 2 is 2.12 bits per heavy atom. The average Bonchev–Trinajstić information content (AvgIpc) is 2.97. The fraction of sp³-hybridized carbons (Fsp3) is 0.333. The maximum Gasteiger partial charge on any atom is 0.319 e. The molecular weight excluding hydrogens is 314 g/mol. The van der Waals surface area contributed by atoms with Crippen molar-refractivity contribution in [2.24, 2.45) is 0 Å². The van der Waals surface area contributed by atoms with Crippen LogP contribution in [-0.4, -0.2) is 42.5 Å². The number of hydrogen-bond acceptors (Lipinski definition) is 6. The van der Waals surface area contributed by atoms with E-state index in [1.165, 1.54) is 0 Å². The molecule has 0 saturated heterocycles. The maximum atomic E-state index is 11.8. The Balaban J connectivity index is 1.74. The summed E-state index contributed by atoms with van der Waals surface area (Å²) in [4.78, 5) is 23.2. The molecule has 2 rings (SSSR count). The van der Waals surface area contributed by atoms with Gasteiger partial charge in [0.05, 0.1) is 13.0 Å². The Kier molecular flexibility index (Phi) is 6.12. The van der Waals surface area contributed by atoms with Crippen LogP contribution in [0.2, 0.25) is 0 Å². The summed E-state index contributed by atoms with van der Waals surface area (Å²) in [5, 5.41) is 15.1. The number of carbonyl (C=O) groups is 2. The summed E-state index contributed by atoms with van der Waals surface area (Å²) in [7, 11) is 1.58. The SMILES string of the molecule is CNC(=O)Cc1cccc(NC(=O)NCCOc2nonc2C)c1. The number of urea groups is 1. The predicted octanol–water partition coefficient (Wildman–Crippen LogP) is 0.867. The number of amides is 3. The normalized spacial score (nSPS) is 10.1. The van der Waals surface area contributed by atoms with Gasteiger partial charge in [-0.3, -0.25) is 4.79 Å². The smallest absolute Gasteiger partial charge is 0.319 e. The summed E-state index contributed by atoms with van der Waals surface area (Å²) < 4.78 is 9.79. The van der Waals surface area contributed by atoms with Crippen LogP contribution in [0.1, 0.15) is 11.3 Å². The molecule has 128 valence electrons. The first kappa shape index (κ1) is 17.3. The van der Waals surface area contributed by atoms with Crippen molar-refractivity contribution in [3.63, 3.8) is 0 Å². The number of nitrogens with zero attached hydrogens (tertiary/aromatic N) is 2. The van der Waals surface area contributed by atoms with E-state index < -0.39 is 0 Å². The van der Waals surface area contributed by atoms with Crippen molar-refractivity contribution in [3.8, 4) is 5.88 Å². The number of nitrogens with one attached hydrogen (secondary N) is 3. The second-order valence-electron chi connectivity index (χ2n) is 4.93. The fourth-order valence-electron chi connectivity index (χ4n) is 1.88. The van der Waals surface area contributed by atoms with Gasteiger partial charge in [0.1, 0.15) is 12.3 Å². The number of rotatable bonds is 7. The second-order valence-corrected chi connectivity index (χ2v) is 4.93. The van der Waals surface area contributed by atoms with Crippen LogP contribution < -0.4 is 20.7 Å². The first-order valence-electron chi connectivity index (χ1n) is 7.35. The van der Waals surface area contributed by atoms with E-state index in [0.717, 1.165) is 5.56 Å². The number of hydrogen-bond donors (Lipinski definition) is 3. The van der Waals surface area contributed by atoms with Gasteiger partial charge in [0.2, 0.25) is 5.91 Å². The van der Waals surface area contributed by atoms with E-state index in [1.807, 2.05) is 6.07 Å². The van der Waals surface area contributed by atoms with Crippen molar-refractivity contribution in [1.82, 2.24) is 20.9 Å². The summed E-state index contributed by atoms with van der Waals surface area (Å²) in [5.74, 6) is 0.213. The molecule has 1 aromatic heterocycles. The van der Waals surface area contributed by atoms with Crippen molar-refractivity contribution < 1.29 is 19.0 Å². The number of benzene rings is 1. The monoisotopic (exact) mass is 333 g/mol. The van der Waals surface area contributed by atoms with Crippen LogP contribution in [0.5, 0.6) is 5.88 Å². The van der Waals surface area contributed by atoms with Gasteiger partial charge in [0.15, 0.2) is 0 Å². The summed E-state index contributed by atoms with van der Waals surface area (Å²) in [6, 6.07) is 6.71. The molecule has 1 heterocycles. The van der Waals surface area contributed by atoms with E-state index in [9.17, 15) is 9.59 Å². The molecule has 0 atom stereocenters. The molecule has 0 aliphatic rings. The quantitative estimate of drug-likeness (QED) is 0.647. The molecule has 2 aromatic rings. The van der Waals surface area contributed by atoms with Crippen LogP contribution in [-0.2, 0) is 11.2 Å². The Hall–Kier alpha value is -3.10. The molecule has 3 amide bonds. The number of ether oxygens (including phenoxy) is 1. The highest BCUT2D eigenvalue weighted by atomic mass is 16.6. The molecule has 24 heavy (non-hydrogen) atoms. The third-order valence-electron chi connectivity index (χ3n) is 3.07. The zero-order valence-corrected chi connectivity index (χ0v) is 13.5. The highest BCUT2D eigenvalue weighted by Gasteiger charge is 2.07. The Bertz CT molecular complexity index is 701. The number of aromatic nitrogens is 2. The van der Waals surface area contributed by atoms with Gasteiger partial charge in [0, 0.05) is 12.7 Å². The molecule has 0 bridgehead atoms. The molecule has 0 fully saturated rings. The Labute approximate surface area is 138 Å². The Morgan fingerprint density at radius 1 is 1.29 bits per heavy atom. The number of aryl methyl sites for hydroxylation is 1. The lowest BCUT2D eigenvalue weighted by Crippen LogP contribution is -2.32. The van der Waals surface area contributed by atoms with Gasteiger partial charge in [-0.15, -0.1) is 0 Å². The molecule has 1 aromatic carbocycles. The molecule has 9 heteroatoms. The zero-order valence-electron chi connectivity index (χ0n) is 13.5. The van der Waals surface area contributed by atoms with E-state index in [1.54, 1.807) is 32.2 Å². The molecular formula is C15H19N5O4. The standard InChI is InChI=1S/C15H19N5O4/c1-10-14(20-24-19-10)23-7-6-17-15(22)18-12-5-3-4-11(8-12)9-13(21)16-2/h3-5,8H,6-7,9H2,1-2H3,(H,16,21)(H2,17,18,22). The van der Waals surface area contributed by atoms with Crippen molar-refractivity contribution in [1.29, 1.82) is 0 Å². The van der Waals surface area contributed by atoms with Crippen molar-refractivity contribution >= 4 is 17.6 Å². The van der Waals surface area contributed by atoms with Crippen molar-refractivity contribution in [3.05, 3.63) is 35.5 Å². The summed E-state index contributed by atoms with van der Waals surface area (Å²) >= 11 is 0. The van der Waals surface area contributed by atoms with Gasteiger partial charge in [-0.25, -0.2) is 9.42 Å². The maximum absolute atomic E-state index is 11.8. The predicted molar refractivity (Wildman–Crippen MR) is 85.8 cm³/mol. The zero-order chi connectivity index (χ0) is 17.4. The highest BCUT2D eigenvalue weighted by Crippen LogP contribution is 2.11. The van der Waals surface area contributed by atoms with E-state index in [2.05, 4.69) is 30.9 Å². The van der Waals surface area contributed by atoms with Crippen LogP contribution in [0.25, 0.3) is 0 Å². The van der Waals surface area contributed by atoms with Crippen molar-refractivity contribution in [2.75, 3.05) is 25.5 Å². The fourth-order valence-corrected chi connectivity index (χ4v) is 1.88. The topological polar surface area (TPSA) is 118 Å². The van der Waals surface area contributed by atoms with Gasteiger partial charge in [-0.2, -0.15) is 0 Å². The number of likely N-dealkylation sites (N-methyl/N-ethyl adjacent to an activating group) is 1. The number of anilines is 1. The number of carbonyl (C=O) groups excluding carboxylic acids is 2. The van der Waals surface area contributed by atoms with E-state index in [4.69, 9.17) is 4.74 Å². The minimum absolute atomic E-state index is 0.0913. The molecule has 0 saturated carbocycles. The average molecular weight is 333 g/mol. The lowest BCUT2D eigenvalue weighted by molar-refractivity contribution is -0.119. The molecule has 0 aliphatic heterocycles. The molecule has 0 spiro atoms. The summed E-state index contributed by atoms with van der Waals surface area (Å²) in [5.41, 5.74) is 1.96. The van der Waals surface area contributed by atoms with Gasteiger partial charge in [-0.1, -0.05) is 17.3 Å². The van der Waals surface area contributed by atoms with Crippen LogP contribution in [0, 0.1) is 6.92 Å². The van der Waals surface area contributed by atoms with Crippen LogP contribution >= 0.6 is 0 Å². The van der Waals surface area contributed by atoms with Gasteiger partial charge in [-0.05, 0) is 29.8 Å². The van der Waals surface area contributed by atoms with Gasteiger partial charge >= 0.3 is 6.03 Å². The molecule has 3 N–H and O–H groups in total. The lowest BCUT2D eigenvalue weighted by atomic mass is 10.1. The minimum Gasteiger partial charge on any atom is -0.472 e. The largest absolute Gasteiger partial charge is 0.472 e. The van der Waals surface area contributed by atoms with Crippen LogP contribution in [0.4, 0.5) is 10.5 Å². The van der Waals surface area contributed by atoms with E-state index in [0.29, 0.717) is 17.3 Å². The minimum atomic E-state index is -0.370. The third kappa shape index (κ3) is 5.27. The van der Waals surface area contributed by atoms with Gasteiger partial charge in [0.25, 0.3) is 5.88 Å². The second kappa shape index (κ2) is 8.51. The van der Waals surface area contributed by atoms with Crippen molar-refractivity contribution in [2.45, 2.75) is 13.3 Å². The summed E-state index contributed by atoms with van der Waals surface area (Å²) in [6.07, 6.45) is 0.257. The highest BCUT2D eigenvalue weighted by molar-refractivity contribution is 5.89. The van der Waals surface area contributed by atoms with E-state index >= 15 is 0 Å². The first-order chi connectivity index (χ1) is 11.6. The molecule has 0 radical (unpaired) electrons.